The van der Waals surface area contributed by atoms with Crippen molar-refractivity contribution in [3.8, 4) is 0 Å². The molecule has 0 aliphatic rings. The van der Waals surface area contributed by atoms with E-state index in [1.54, 1.807) is 0 Å². The monoisotopic (exact) mass is 1770 g/mol. The summed E-state index contributed by atoms with van der Waals surface area (Å²) in [6.45, 7) is 109. The molecule has 0 fully saturated rings. The fraction of sp³-hybridized carbons (Fsp3) is 0.504. The zero-order valence-corrected chi connectivity index (χ0v) is 95.3. The Hall–Kier alpha value is -8.32. The van der Waals surface area contributed by atoms with Gasteiger partial charge in [0.2, 0.25) is 0 Å². The van der Waals surface area contributed by atoms with E-state index < -0.39 is 0 Å². The van der Waals surface area contributed by atoms with Gasteiger partial charge in [0.05, 0.1) is 0 Å². The summed E-state index contributed by atoms with van der Waals surface area (Å²) in [6, 6.07) is 125. The van der Waals surface area contributed by atoms with Crippen molar-refractivity contribution >= 4 is 10.8 Å². The summed E-state index contributed by atoms with van der Waals surface area (Å²) in [5.74, 6) is 0. The van der Waals surface area contributed by atoms with E-state index in [0.29, 0.717) is 54.1 Å². The molecular weight excluding hydrogens is 1550 g/mol. The van der Waals surface area contributed by atoms with E-state index in [4.69, 9.17) is 0 Å². The van der Waals surface area contributed by atoms with Gasteiger partial charge in [0.15, 0.2) is 0 Å². The molecule has 0 aliphatic heterocycles. The molecule has 0 heterocycles. The maximum Gasteiger partial charge on any atom is -0.0184 e. The van der Waals surface area contributed by atoms with Crippen LogP contribution in [0.1, 0.15) is 378 Å². The van der Waals surface area contributed by atoms with E-state index in [9.17, 15) is 0 Å². The van der Waals surface area contributed by atoms with Gasteiger partial charge in [-0.25, -0.2) is 0 Å². The van der Waals surface area contributed by atoms with Crippen molar-refractivity contribution in [2.45, 2.75) is 378 Å². The summed E-state index contributed by atoms with van der Waals surface area (Å²) < 4.78 is 0. The molecule has 0 heteroatoms. The second-order valence-electron chi connectivity index (χ2n) is 46.3. The molecule has 129 heavy (non-hydrogen) atoms. The molecule has 0 amide bonds. The van der Waals surface area contributed by atoms with Crippen molar-refractivity contribution < 1.29 is 0 Å². The Morgan fingerprint density at radius 2 is 0.124 bits per heavy atom. The average Bonchev–Trinajstić information content (AvgIpc) is 0.871. The van der Waals surface area contributed by atoms with Crippen LogP contribution in [0.3, 0.4) is 0 Å². The predicted octanol–water partition coefficient (Wildman–Crippen LogP) is 45.6. The highest BCUT2D eigenvalue weighted by Gasteiger charge is 2.00. The fourth-order valence-electron chi connectivity index (χ4n) is 4.60. The maximum atomic E-state index is 2.19. The largest absolute Gasteiger partial charge is 0.0656 e. The fourth-order valence-corrected chi connectivity index (χ4v) is 4.60. The normalized spacial score (nSPS) is 9.47. The smallest absolute Gasteiger partial charge is 0.0184 e. The lowest BCUT2D eigenvalue weighted by atomic mass is 10.0. The summed E-state index contributed by atoms with van der Waals surface area (Å²) in [7, 11) is 0. The number of hydrogen-bond acceptors (Lipinski definition) is 0. The van der Waals surface area contributed by atoms with Crippen LogP contribution in [0.15, 0.2) is 376 Å². The van der Waals surface area contributed by atoms with Crippen molar-refractivity contribution in [1.29, 1.82) is 0 Å². The molecule has 0 saturated heterocycles. The van der Waals surface area contributed by atoms with Crippen LogP contribution < -0.4 is 0 Å². The summed E-state index contributed by atoms with van der Waals surface area (Å²) in [4.78, 5) is 0. The van der Waals surface area contributed by atoms with Crippen LogP contribution in [0, 0.1) is 54.1 Å². The van der Waals surface area contributed by atoms with Crippen molar-refractivity contribution in [2.24, 2.45) is 54.1 Å². The number of hydrogen-bond donors (Lipinski definition) is 0. The van der Waals surface area contributed by atoms with E-state index in [1.165, 1.54) is 42.9 Å². The lowest BCUT2D eigenvalue weighted by molar-refractivity contribution is 0.469. The molecule has 0 radical (unpaired) electrons. The van der Waals surface area contributed by atoms with Crippen LogP contribution >= 0.6 is 0 Å². The molecule has 11 aromatic carbocycles. The second-order valence-corrected chi connectivity index (χ2v) is 46.3. The first kappa shape index (κ1) is 152. The van der Waals surface area contributed by atoms with E-state index in [0.717, 1.165) is 0 Å². The summed E-state index contributed by atoms with van der Waals surface area (Å²) in [5, 5.41) is 2.62. The molecule has 11 aromatic rings. The van der Waals surface area contributed by atoms with Crippen LogP contribution in [-0.2, 0) is 0 Å². The number of benzene rings is 11. The van der Waals surface area contributed by atoms with Gasteiger partial charge in [0, 0.05) is 0 Å². The quantitative estimate of drug-likeness (QED) is 0.142. The van der Waals surface area contributed by atoms with E-state index in [2.05, 4.69) is 395 Å². The standard InChI is InChI=1S/C10H8.9C6H6.10C5H12.5C3H8/c1-2-6-10-8-4-3-7-9(10)5-1;9*1-2-4-6-5-3-1;10*1-5(2,3)4;5*1-3-2/h1-8H;9*1-6H;10*1-4H3;5*3H2,1-2H3. The Labute approximate surface area is 813 Å². The zero-order valence-electron chi connectivity index (χ0n) is 95.3. The zero-order chi connectivity index (χ0) is 104. The van der Waals surface area contributed by atoms with Crippen LogP contribution in [0.25, 0.3) is 10.8 Å². The molecule has 0 N–H and O–H groups in total. The third-order valence-electron chi connectivity index (χ3n) is 7.66. The molecule has 0 bridgehead atoms. The molecule has 0 nitrogen and oxygen atoms in total. The van der Waals surface area contributed by atoms with E-state index in [-0.39, 0.29) is 0 Å². The van der Waals surface area contributed by atoms with Gasteiger partial charge in [-0.1, -0.05) is 754 Å². The summed E-state index contributed by atoms with van der Waals surface area (Å²) >= 11 is 0. The first-order valence-corrected chi connectivity index (χ1v) is 48.5. The molecule has 0 spiro atoms. The Kier molecular flexibility index (Phi) is 128. The molecule has 0 aromatic heterocycles. The summed E-state index contributed by atoms with van der Waals surface area (Å²) in [6.07, 6.45) is 6.25. The molecule has 0 saturated carbocycles. The SMILES string of the molecule is CC(C)(C)C.CC(C)(C)C.CC(C)(C)C.CC(C)(C)C.CC(C)(C)C.CC(C)(C)C.CC(C)(C)C.CC(C)(C)C.CC(C)(C)C.CC(C)(C)C.CCC.CCC.CCC.CCC.CCC.c1ccc2ccccc2c1.c1ccccc1.c1ccccc1.c1ccccc1.c1ccccc1.c1ccccc1.c1ccccc1.c1ccccc1.c1ccccc1.c1ccccc1. The van der Waals surface area contributed by atoms with Crippen molar-refractivity contribution in [3.63, 3.8) is 0 Å². The number of fused-ring (bicyclic) bond motifs is 1. The minimum absolute atomic E-state index is 0.500. The highest BCUT2D eigenvalue weighted by Crippen LogP contribution is 2.14. The third-order valence-corrected chi connectivity index (χ3v) is 7.66. The van der Waals surface area contributed by atoms with Crippen LogP contribution in [-0.4, -0.2) is 0 Å². The Balaban J connectivity index is -0.0000000895. The van der Waals surface area contributed by atoms with Crippen molar-refractivity contribution in [2.75, 3.05) is 0 Å². The van der Waals surface area contributed by atoms with Gasteiger partial charge in [-0.2, -0.15) is 0 Å². The molecule has 11 rings (SSSR count). The molecule has 0 aliphatic carbocycles. The van der Waals surface area contributed by atoms with Crippen LogP contribution in [0.5, 0.6) is 0 Å². The molecule has 0 unspecified atom stereocenters. The summed E-state index contributed by atoms with van der Waals surface area (Å²) in [5.41, 5.74) is 5.00. The third kappa shape index (κ3) is 409. The highest BCUT2D eigenvalue weighted by atomic mass is 14.1. The minimum atomic E-state index is 0.500. The molecule has 738 valence electrons. The van der Waals surface area contributed by atoms with Gasteiger partial charge >= 0.3 is 0 Å². The van der Waals surface area contributed by atoms with Gasteiger partial charge < -0.3 is 0 Å². The Morgan fingerprint density at radius 1 is 0.0930 bits per heavy atom. The highest BCUT2D eigenvalue weighted by molar-refractivity contribution is 5.82. The minimum Gasteiger partial charge on any atom is -0.0656 e. The first-order chi connectivity index (χ1) is 59.0. The van der Waals surface area contributed by atoms with Gasteiger partial charge in [-0.15, -0.1) is 0 Å². The van der Waals surface area contributed by atoms with Gasteiger partial charge in [-0.05, 0) is 64.9 Å². The topological polar surface area (TPSA) is 0 Å². The van der Waals surface area contributed by atoms with Crippen molar-refractivity contribution in [3.05, 3.63) is 376 Å². The molecular formula is C129H222. The second kappa shape index (κ2) is 108. The average molecular weight is 1770 g/mol. The van der Waals surface area contributed by atoms with Crippen molar-refractivity contribution in [1.82, 2.24) is 0 Å². The Morgan fingerprint density at radius 3 is 0.155 bits per heavy atom. The molecule has 0 atom stereocenters. The van der Waals surface area contributed by atoms with Crippen LogP contribution in [0.4, 0.5) is 0 Å². The van der Waals surface area contributed by atoms with E-state index >= 15 is 0 Å². The maximum absolute atomic E-state index is 2.19. The predicted molar refractivity (Wildman–Crippen MR) is 613 cm³/mol. The lowest BCUT2D eigenvalue weighted by Crippen LogP contribution is -1.93. The Bertz CT molecular complexity index is 2450. The van der Waals surface area contributed by atoms with E-state index in [1.807, 2.05) is 328 Å². The van der Waals surface area contributed by atoms with Gasteiger partial charge in [0.25, 0.3) is 0 Å². The van der Waals surface area contributed by atoms with Gasteiger partial charge in [-0.3, -0.25) is 0 Å². The first-order valence-electron chi connectivity index (χ1n) is 48.5. The lowest BCUT2D eigenvalue weighted by Gasteiger charge is -2.05. The van der Waals surface area contributed by atoms with Gasteiger partial charge in [0.1, 0.15) is 0 Å². The van der Waals surface area contributed by atoms with Crippen LogP contribution in [0.2, 0.25) is 0 Å². The number of rotatable bonds is 0.